The quantitative estimate of drug-likeness (QED) is 0.622. The first-order valence-electron chi connectivity index (χ1n) is 10.1. The number of methoxy groups -OCH3 is 1. The van der Waals surface area contributed by atoms with Crippen molar-refractivity contribution in [3.05, 3.63) is 78.9 Å². The van der Waals surface area contributed by atoms with Crippen molar-refractivity contribution in [1.82, 2.24) is 0 Å². The zero-order chi connectivity index (χ0) is 21.0. The first kappa shape index (κ1) is 20.4. The largest absolute Gasteiger partial charge is 0.380 e. The first-order chi connectivity index (χ1) is 14.5. The Bertz CT molecular complexity index is 1080. The van der Waals surface area contributed by atoms with Crippen molar-refractivity contribution in [2.24, 2.45) is 0 Å². The van der Waals surface area contributed by atoms with E-state index in [2.05, 4.69) is 9.62 Å². The van der Waals surface area contributed by atoms with Gasteiger partial charge in [-0.1, -0.05) is 42.5 Å². The summed E-state index contributed by atoms with van der Waals surface area (Å²) < 4.78 is 34.0. The highest BCUT2D eigenvalue weighted by Gasteiger charge is 2.20. The highest BCUT2D eigenvalue weighted by molar-refractivity contribution is 7.92. The molecule has 1 aliphatic rings. The normalized spacial score (nSPS) is 17.0. The molecule has 0 aromatic heterocycles. The molecule has 1 saturated heterocycles. The lowest BCUT2D eigenvalue weighted by Gasteiger charge is -2.33. The second kappa shape index (κ2) is 8.90. The van der Waals surface area contributed by atoms with E-state index in [1.165, 1.54) is 0 Å². The number of ether oxygens (including phenoxy) is 1. The fraction of sp³-hybridized carbons (Fsp3) is 0.250. The Morgan fingerprint density at radius 3 is 2.40 bits per heavy atom. The molecule has 6 heteroatoms. The van der Waals surface area contributed by atoms with Crippen LogP contribution < -0.4 is 9.62 Å². The minimum atomic E-state index is -3.68. The van der Waals surface area contributed by atoms with E-state index in [9.17, 15) is 8.42 Å². The summed E-state index contributed by atoms with van der Waals surface area (Å²) in [5, 5.41) is 0. The fourth-order valence-electron chi connectivity index (χ4n) is 3.79. The van der Waals surface area contributed by atoms with Crippen LogP contribution in [0.2, 0.25) is 0 Å². The highest BCUT2D eigenvalue weighted by atomic mass is 32.2. The van der Waals surface area contributed by atoms with Gasteiger partial charge in [-0.05, 0) is 60.4 Å². The number of piperidine rings is 1. The second-order valence-corrected chi connectivity index (χ2v) is 9.17. The number of benzene rings is 3. The molecule has 156 valence electrons. The van der Waals surface area contributed by atoms with E-state index in [4.69, 9.17) is 4.74 Å². The molecule has 0 amide bonds. The number of sulfonamides is 1. The minimum absolute atomic E-state index is 0.242. The van der Waals surface area contributed by atoms with E-state index in [0.717, 1.165) is 42.7 Å². The lowest BCUT2D eigenvalue weighted by atomic mass is 10.1. The molecule has 0 spiro atoms. The molecule has 3 aromatic rings. The Labute approximate surface area is 178 Å². The molecule has 1 aliphatic heterocycles. The smallest absolute Gasteiger partial charge is 0.261 e. The maximum atomic E-state index is 12.9. The molecule has 4 rings (SSSR count). The standard InChI is InChI=1S/C24H26N2O3S/c1-29-23-10-6-16-26(18-23)22-14-12-21(13-15-22)25-30(27,28)24-11-5-9-20(17-24)19-7-3-2-4-8-19/h2-5,7-9,11-15,17,23,25H,6,10,16,18H2,1H3. The SMILES string of the molecule is COC1CCCN(c2ccc(NS(=O)(=O)c3cccc(-c4ccccc4)c3)cc2)C1. The van der Waals surface area contributed by atoms with Gasteiger partial charge in [-0.25, -0.2) is 8.42 Å². The van der Waals surface area contributed by atoms with E-state index < -0.39 is 10.0 Å². The zero-order valence-electron chi connectivity index (χ0n) is 17.0. The van der Waals surface area contributed by atoms with E-state index >= 15 is 0 Å². The van der Waals surface area contributed by atoms with Gasteiger partial charge in [0.15, 0.2) is 0 Å². The predicted octanol–water partition coefficient (Wildman–Crippen LogP) is 4.77. The van der Waals surface area contributed by atoms with Crippen LogP contribution in [0.15, 0.2) is 83.8 Å². The number of hydrogen-bond donors (Lipinski definition) is 1. The van der Waals surface area contributed by atoms with Gasteiger partial charge in [-0.3, -0.25) is 4.72 Å². The maximum Gasteiger partial charge on any atom is 0.261 e. The summed E-state index contributed by atoms with van der Waals surface area (Å²) in [7, 11) is -1.93. The van der Waals surface area contributed by atoms with Crippen molar-refractivity contribution in [2.45, 2.75) is 23.8 Å². The van der Waals surface area contributed by atoms with E-state index in [-0.39, 0.29) is 11.0 Å². The van der Waals surface area contributed by atoms with Gasteiger partial charge in [0.05, 0.1) is 11.0 Å². The van der Waals surface area contributed by atoms with Gasteiger partial charge in [-0.2, -0.15) is 0 Å². The number of rotatable bonds is 6. The zero-order valence-corrected chi connectivity index (χ0v) is 17.8. The summed E-state index contributed by atoms with van der Waals surface area (Å²) in [6.07, 6.45) is 2.41. The summed E-state index contributed by atoms with van der Waals surface area (Å²) in [5.74, 6) is 0. The Morgan fingerprint density at radius 1 is 0.933 bits per heavy atom. The van der Waals surface area contributed by atoms with Crippen molar-refractivity contribution >= 4 is 21.4 Å². The van der Waals surface area contributed by atoms with E-state index in [1.54, 1.807) is 25.3 Å². The van der Waals surface area contributed by atoms with Crippen molar-refractivity contribution in [3.8, 4) is 11.1 Å². The van der Waals surface area contributed by atoms with Crippen molar-refractivity contribution < 1.29 is 13.2 Å². The molecule has 0 bridgehead atoms. The van der Waals surface area contributed by atoms with Crippen LogP contribution in [-0.4, -0.2) is 34.7 Å². The molecular weight excluding hydrogens is 396 g/mol. The van der Waals surface area contributed by atoms with Crippen LogP contribution >= 0.6 is 0 Å². The third-order valence-electron chi connectivity index (χ3n) is 5.45. The van der Waals surface area contributed by atoms with Crippen LogP contribution in [0.5, 0.6) is 0 Å². The fourth-order valence-corrected chi connectivity index (χ4v) is 4.90. The summed E-state index contributed by atoms with van der Waals surface area (Å²) in [6.45, 7) is 1.84. The minimum Gasteiger partial charge on any atom is -0.380 e. The van der Waals surface area contributed by atoms with Gasteiger partial charge in [0.1, 0.15) is 0 Å². The number of nitrogens with zero attached hydrogens (tertiary/aromatic N) is 1. The lowest BCUT2D eigenvalue weighted by molar-refractivity contribution is 0.0893. The molecule has 30 heavy (non-hydrogen) atoms. The third kappa shape index (κ3) is 4.66. The Morgan fingerprint density at radius 2 is 1.67 bits per heavy atom. The van der Waals surface area contributed by atoms with Gasteiger partial charge in [0.2, 0.25) is 0 Å². The maximum absolute atomic E-state index is 12.9. The monoisotopic (exact) mass is 422 g/mol. The molecular formula is C24H26N2O3S. The molecule has 0 radical (unpaired) electrons. The summed E-state index contributed by atoms with van der Waals surface area (Å²) >= 11 is 0. The first-order valence-corrected chi connectivity index (χ1v) is 11.6. The van der Waals surface area contributed by atoms with Crippen LogP contribution in [0.1, 0.15) is 12.8 Å². The molecule has 1 atom stereocenters. The third-order valence-corrected chi connectivity index (χ3v) is 6.83. The number of nitrogens with one attached hydrogen (secondary N) is 1. The second-order valence-electron chi connectivity index (χ2n) is 7.49. The van der Waals surface area contributed by atoms with Gasteiger partial charge < -0.3 is 9.64 Å². The van der Waals surface area contributed by atoms with Crippen LogP contribution in [0, 0.1) is 0 Å². The molecule has 1 heterocycles. The van der Waals surface area contributed by atoms with Crippen LogP contribution in [0.25, 0.3) is 11.1 Å². The van der Waals surface area contributed by atoms with Gasteiger partial charge in [-0.15, -0.1) is 0 Å². The van der Waals surface area contributed by atoms with Crippen LogP contribution in [0.3, 0.4) is 0 Å². The number of hydrogen-bond acceptors (Lipinski definition) is 4. The van der Waals surface area contributed by atoms with E-state index in [0.29, 0.717) is 5.69 Å². The molecule has 1 fully saturated rings. The van der Waals surface area contributed by atoms with Gasteiger partial charge in [0, 0.05) is 31.6 Å². The van der Waals surface area contributed by atoms with Crippen LogP contribution in [0.4, 0.5) is 11.4 Å². The molecule has 5 nitrogen and oxygen atoms in total. The Balaban J connectivity index is 1.50. The average molecular weight is 423 g/mol. The number of anilines is 2. The summed E-state index contributed by atoms with van der Waals surface area (Å²) in [6, 6.07) is 24.3. The van der Waals surface area contributed by atoms with Crippen molar-refractivity contribution in [2.75, 3.05) is 29.8 Å². The topological polar surface area (TPSA) is 58.6 Å². The molecule has 3 aromatic carbocycles. The lowest BCUT2D eigenvalue weighted by Crippen LogP contribution is -2.39. The van der Waals surface area contributed by atoms with Crippen molar-refractivity contribution in [3.63, 3.8) is 0 Å². The van der Waals surface area contributed by atoms with Gasteiger partial charge >= 0.3 is 0 Å². The molecule has 0 saturated carbocycles. The molecule has 1 N–H and O–H groups in total. The summed E-state index contributed by atoms with van der Waals surface area (Å²) in [5.41, 5.74) is 3.47. The predicted molar refractivity (Wildman–Crippen MR) is 121 cm³/mol. The summed E-state index contributed by atoms with van der Waals surface area (Å²) in [4.78, 5) is 2.52. The van der Waals surface area contributed by atoms with Crippen molar-refractivity contribution in [1.29, 1.82) is 0 Å². The molecule has 0 aliphatic carbocycles. The average Bonchev–Trinajstić information content (AvgIpc) is 2.80. The van der Waals surface area contributed by atoms with Crippen LogP contribution in [-0.2, 0) is 14.8 Å². The van der Waals surface area contributed by atoms with E-state index in [1.807, 2.05) is 60.7 Å². The highest BCUT2D eigenvalue weighted by Crippen LogP contribution is 2.26. The Kier molecular flexibility index (Phi) is 6.06. The molecule has 1 unspecified atom stereocenters. The van der Waals surface area contributed by atoms with Gasteiger partial charge in [0.25, 0.3) is 10.0 Å². The Hall–Kier alpha value is -2.83.